The number of hydrogen-bond acceptors (Lipinski definition) is 3. The molecule has 0 unspecified atom stereocenters. The van der Waals surface area contributed by atoms with E-state index in [2.05, 4.69) is 10.3 Å². The number of methoxy groups -OCH3 is 2. The first kappa shape index (κ1) is 15.7. The highest BCUT2D eigenvalue weighted by molar-refractivity contribution is 5.77. The molecule has 0 heterocycles. The zero-order valence-electron chi connectivity index (χ0n) is 12.9. The molecule has 5 nitrogen and oxygen atoms in total. The largest absolute Gasteiger partial charge is 0.497 e. The van der Waals surface area contributed by atoms with Gasteiger partial charge in [0, 0.05) is 6.54 Å². The van der Waals surface area contributed by atoms with Crippen molar-refractivity contribution in [1.29, 1.82) is 0 Å². The van der Waals surface area contributed by atoms with Crippen LogP contribution in [0, 0.1) is 0 Å². The molecule has 0 aliphatic heterocycles. The molecule has 0 aliphatic rings. The van der Waals surface area contributed by atoms with E-state index in [1.54, 1.807) is 14.2 Å². The van der Waals surface area contributed by atoms with Gasteiger partial charge in [0.25, 0.3) is 0 Å². The van der Waals surface area contributed by atoms with Crippen molar-refractivity contribution in [2.24, 2.45) is 10.7 Å². The number of benzene rings is 2. The molecule has 116 valence electrons. The molecule has 5 heteroatoms. The molecule has 0 aromatic heterocycles. The lowest BCUT2D eigenvalue weighted by Gasteiger charge is -2.07. The van der Waals surface area contributed by atoms with Gasteiger partial charge in [-0.1, -0.05) is 24.3 Å². The summed E-state index contributed by atoms with van der Waals surface area (Å²) in [7, 11) is 3.30. The van der Waals surface area contributed by atoms with Crippen molar-refractivity contribution in [2.75, 3.05) is 14.2 Å². The van der Waals surface area contributed by atoms with Gasteiger partial charge in [0.15, 0.2) is 5.96 Å². The summed E-state index contributed by atoms with van der Waals surface area (Å²) >= 11 is 0. The van der Waals surface area contributed by atoms with E-state index in [0.717, 1.165) is 22.6 Å². The Labute approximate surface area is 130 Å². The van der Waals surface area contributed by atoms with Crippen LogP contribution < -0.4 is 20.5 Å². The zero-order chi connectivity index (χ0) is 15.8. The van der Waals surface area contributed by atoms with Crippen LogP contribution in [0.2, 0.25) is 0 Å². The van der Waals surface area contributed by atoms with Crippen LogP contribution in [0.15, 0.2) is 53.5 Å². The van der Waals surface area contributed by atoms with Crippen LogP contribution >= 0.6 is 0 Å². The second-order valence-corrected chi connectivity index (χ2v) is 4.75. The highest BCUT2D eigenvalue weighted by atomic mass is 16.5. The number of nitrogens with two attached hydrogens (primary N) is 1. The quantitative estimate of drug-likeness (QED) is 0.634. The molecule has 3 N–H and O–H groups in total. The van der Waals surface area contributed by atoms with Crippen LogP contribution in [-0.4, -0.2) is 20.2 Å². The van der Waals surface area contributed by atoms with Crippen molar-refractivity contribution in [2.45, 2.75) is 13.1 Å². The van der Waals surface area contributed by atoms with E-state index in [9.17, 15) is 0 Å². The molecule has 0 saturated carbocycles. The predicted molar refractivity (Wildman–Crippen MR) is 88.2 cm³/mol. The number of hydrogen-bond donors (Lipinski definition) is 2. The highest BCUT2D eigenvalue weighted by Gasteiger charge is 1.97. The molecule has 2 aromatic carbocycles. The monoisotopic (exact) mass is 299 g/mol. The Kier molecular flexibility index (Phi) is 5.65. The Morgan fingerprint density at radius 1 is 0.909 bits per heavy atom. The molecule has 2 aromatic rings. The first-order valence-corrected chi connectivity index (χ1v) is 7.01. The number of guanidine groups is 1. The van der Waals surface area contributed by atoms with Crippen molar-refractivity contribution in [3.8, 4) is 11.5 Å². The minimum absolute atomic E-state index is 0.423. The van der Waals surface area contributed by atoms with Crippen molar-refractivity contribution in [1.82, 2.24) is 5.32 Å². The van der Waals surface area contributed by atoms with Crippen LogP contribution in [-0.2, 0) is 13.1 Å². The van der Waals surface area contributed by atoms with E-state index < -0.39 is 0 Å². The molecule has 0 atom stereocenters. The van der Waals surface area contributed by atoms with Crippen LogP contribution in [0.3, 0.4) is 0 Å². The highest BCUT2D eigenvalue weighted by Crippen LogP contribution is 2.12. The molecular weight excluding hydrogens is 278 g/mol. The number of nitrogens with one attached hydrogen (secondary N) is 1. The maximum absolute atomic E-state index is 5.87. The second kappa shape index (κ2) is 7.93. The van der Waals surface area contributed by atoms with E-state index >= 15 is 0 Å². The van der Waals surface area contributed by atoms with Gasteiger partial charge < -0.3 is 20.5 Å². The lowest BCUT2D eigenvalue weighted by Crippen LogP contribution is -2.31. The minimum Gasteiger partial charge on any atom is -0.497 e. The summed E-state index contributed by atoms with van der Waals surface area (Å²) in [5.74, 6) is 2.09. The fraction of sp³-hybridized carbons (Fsp3) is 0.235. The summed E-state index contributed by atoms with van der Waals surface area (Å²) in [6.45, 7) is 1.16. The van der Waals surface area contributed by atoms with Gasteiger partial charge in [-0.2, -0.15) is 0 Å². The van der Waals surface area contributed by atoms with Gasteiger partial charge in [-0.3, -0.25) is 0 Å². The van der Waals surface area contributed by atoms with E-state index in [-0.39, 0.29) is 0 Å². The summed E-state index contributed by atoms with van der Waals surface area (Å²) in [4.78, 5) is 4.32. The Morgan fingerprint density at radius 3 is 1.91 bits per heavy atom. The number of aliphatic imine (C=N–C) groups is 1. The van der Waals surface area contributed by atoms with Gasteiger partial charge in [0.05, 0.1) is 20.8 Å². The summed E-state index contributed by atoms with van der Waals surface area (Å²) < 4.78 is 10.2. The molecule has 0 radical (unpaired) electrons. The van der Waals surface area contributed by atoms with Gasteiger partial charge in [0.1, 0.15) is 11.5 Å². The van der Waals surface area contributed by atoms with Gasteiger partial charge in [-0.15, -0.1) is 0 Å². The van der Waals surface area contributed by atoms with E-state index in [1.807, 2.05) is 48.5 Å². The predicted octanol–water partition coefficient (Wildman–Crippen LogP) is 2.31. The molecule has 0 amide bonds. The molecule has 22 heavy (non-hydrogen) atoms. The Morgan fingerprint density at radius 2 is 1.41 bits per heavy atom. The Bertz CT molecular complexity index is 607. The molecule has 0 spiro atoms. The van der Waals surface area contributed by atoms with E-state index in [4.69, 9.17) is 15.2 Å². The summed E-state index contributed by atoms with van der Waals surface area (Å²) in [6.07, 6.45) is 0. The average molecular weight is 299 g/mol. The average Bonchev–Trinajstić information content (AvgIpc) is 2.59. The fourth-order valence-corrected chi connectivity index (χ4v) is 1.90. The lowest BCUT2D eigenvalue weighted by molar-refractivity contribution is 0.414. The van der Waals surface area contributed by atoms with Crippen LogP contribution in [0.25, 0.3) is 0 Å². The third-order valence-electron chi connectivity index (χ3n) is 3.22. The van der Waals surface area contributed by atoms with E-state index in [1.165, 1.54) is 0 Å². The van der Waals surface area contributed by atoms with E-state index in [0.29, 0.717) is 19.0 Å². The minimum atomic E-state index is 0.423. The van der Waals surface area contributed by atoms with Gasteiger partial charge >= 0.3 is 0 Å². The summed E-state index contributed by atoms with van der Waals surface area (Å²) in [5, 5.41) is 3.09. The molecule has 2 rings (SSSR count). The topological polar surface area (TPSA) is 68.9 Å². The lowest BCUT2D eigenvalue weighted by atomic mass is 10.2. The number of nitrogens with zero attached hydrogens (tertiary/aromatic N) is 1. The van der Waals surface area contributed by atoms with Crippen LogP contribution in [0.4, 0.5) is 0 Å². The van der Waals surface area contributed by atoms with Crippen molar-refractivity contribution < 1.29 is 9.47 Å². The summed E-state index contributed by atoms with van der Waals surface area (Å²) in [5.41, 5.74) is 8.06. The number of ether oxygens (including phenoxy) is 2. The van der Waals surface area contributed by atoms with Gasteiger partial charge in [-0.25, -0.2) is 4.99 Å². The zero-order valence-corrected chi connectivity index (χ0v) is 12.9. The first-order chi connectivity index (χ1) is 10.7. The Hall–Kier alpha value is -2.69. The smallest absolute Gasteiger partial charge is 0.189 e. The van der Waals surface area contributed by atoms with Crippen molar-refractivity contribution in [3.63, 3.8) is 0 Å². The second-order valence-electron chi connectivity index (χ2n) is 4.75. The molecule has 0 bridgehead atoms. The van der Waals surface area contributed by atoms with Crippen molar-refractivity contribution in [3.05, 3.63) is 59.7 Å². The fourth-order valence-electron chi connectivity index (χ4n) is 1.90. The molecule has 0 aliphatic carbocycles. The third kappa shape index (κ3) is 4.70. The normalized spacial score (nSPS) is 11.1. The Balaban J connectivity index is 1.83. The maximum Gasteiger partial charge on any atom is 0.189 e. The van der Waals surface area contributed by atoms with Crippen LogP contribution in [0.1, 0.15) is 11.1 Å². The first-order valence-electron chi connectivity index (χ1n) is 7.01. The molecule has 0 saturated heterocycles. The van der Waals surface area contributed by atoms with Crippen LogP contribution in [0.5, 0.6) is 11.5 Å². The molecular formula is C17H21N3O2. The standard InChI is InChI=1S/C17H21N3O2/c1-21-15-7-3-13(4-8-15)11-19-17(18)20-12-14-5-9-16(22-2)10-6-14/h3-10H,11-12H2,1-2H3,(H3,18,19,20). The van der Waals surface area contributed by atoms with Gasteiger partial charge in [0.2, 0.25) is 0 Å². The van der Waals surface area contributed by atoms with Crippen molar-refractivity contribution >= 4 is 5.96 Å². The number of rotatable bonds is 6. The third-order valence-corrected chi connectivity index (χ3v) is 3.22. The maximum atomic E-state index is 5.87. The molecule has 0 fully saturated rings. The SMILES string of the molecule is COc1ccc(CN=C(N)NCc2ccc(OC)cc2)cc1. The summed E-state index contributed by atoms with van der Waals surface area (Å²) in [6, 6.07) is 15.6. The van der Waals surface area contributed by atoms with Gasteiger partial charge in [-0.05, 0) is 35.4 Å².